The summed E-state index contributed by atoms with van der Waals surface area (Å²) in [5.74, 6) is 0.598. The zero-order chi connectivity index (χ0) is 10.8. The first-order valence-electron chi connectivity index (χ1n) is 4.65. The molecule has 0 saturated heterocycles. The number of halogens is 3. The maximum Gasteiger partial charge on any atom is 0.191 e. The van der Waals surface area contributed by atoms with Crippen molar-refractivity contribution in [3.05, 3.63) is 33.8 Å². The molecule has 1 aliphatic heterocycles. The van der Waals surface area contributed by atoms with E-state index in [9.17, 15) is 0 Å². The molecular weight excluding hydrogens is 313 g/mol. The van der Waals surface area contributed by atoms with Gasteiger partial charge in [-0.25, -0.2) is 0 Å². The van der Waals surface area contributed by atoms with Crippen LogP contribution in [0.3, 0.4) is 0 Å². The lowest BCUT2D eigenvalue weighted by Crippen LogP contribution is -2.33. The predicted molar refractivity (Wildman–Crippen MR) is 73.7 cm³/mol. The molecule has 0 aromatic heterocycles. The van der Waals surface area contributed by atoms with Gasteiger partial charge in [-0.15, -0.1) is 17.0 Å². The number of hydrogen-bond donors (Lipinski definition) is 1. The third kappa shape index (κ3) is 3.03. The van der Waals surface area contributed by atoms with Crippen molar-refractivity contribution in [3.63, 3.8) is 0 Å². The van der Waals surface area contributed by atoms with Gasteiger partial charge in [0.1, 0.15) is 0 Å². The van der Waals surface area contributed by atoms with Crippen LogP contribution in [0.2, 0.25) is 10.0 Å². The van der Waals surface area contributed by atoms with Crippen LogP contribution in [-0.4, -0.2) is 23.9 Å². The molecule has 6 heteroatoms. The molecule has 3 nitrogen and oxygen atoms in total. The van der Waals surface area contributed by atoms with Crippen LogP contribution in [0.4, 0.5) is 0 Å². The Bertz CT molecular complexity index is 409. The van der Waals surface area contributed by atoms with Gasteiger partial charge in [0, 0.05) is 13.1 Å². The predicted octanol–water partition coefficient (Wildman–Crippen LogP) is 2.70. The van der Waals surface area contributed by atoms with Crippen molar-refractivity contribution >= 4 is 46.1 Å². The largest absolute Gasteiger partial charge is 0.370 e. The Hall–Kier alpha value is -0.450. The van der Waals surface area contributed by atoms with Crippen molar-refractivity contribution in [2.24, 2.45) is 10.7 Å². The molecule has 0 bridgehead atoms. The number of rotatable bonds is 2. The molecule has 0 spiro atoms. The molecule has 0 atom stereocenters. The van der Waals surface area contributed by atoms with Crippen LogP contribution in [0, 0.1) is 0 Å². The van der Waals surface area contributed by atoms with Gasteiger partial charge in [0.2, 0.25) is 0 Å². The van der Waals surface area contributed by atoms with E-state index in [4.69, 9.17) is 28.9 Å². The quantitative estimate of drug-likeness (QED) is 0.908. The Labute approximate surface area is 115 Å². The lowest BCUT2D eigenvalue weighted by atomic mass is 10.2. The highest BCUT2D eigenvalue weighted by molar-refractivity contribution is 8.93. The second-order valence-electron chi connectivity index (χ2n) is 3.41. The molecule has 1 aromatic rings. The molecule has 1 aromatic carbocycles. The molecule has 0 aliphatic carbocycles. The van der Waals surface area contributed by atoms with Gasteiger partial charge in [-0.2, -0.15) is 0 Å². The molecular formula is C10H12BrCl2N3. The van der Waals surface area contributed by atoms with Crippen LogP contribution in [0.5, 0.6) is 0 Å². The summed E-state index contributed by atoms with van der Waals surface area (Å²) in [7, 11) is 0. The number of aliphatic imine (C=N–C) groups is 1. The van der Waals surface area contributed by atoms with E-state index < -0.39 is 0 Å². The standard InChI is InChI=1S/C10H11Cl2N3.BrH/c11-8-2-1-7(5-9(8)12)6-15-4-3-14-10(15)13;/h1-2,5H,3-4,6H2,(H2,13,14);1H. The van der Waals surface area contributed by atoms with Gasteiger partial charge in [-0.1, -0.05) is 29.3 Å². The van der Waals surface area contributed by atoms with Gasteiger partial charge in [0.15, 0.2) is 5.96 Å². The van der Waals surface area contributed by atoms with E-state index in [0.717, 1.165) is 25.2 Å². The van der Waals surface area contributed by atoms with E-state index in [1.165, 1.54) is 0 Å². The Morgan fingerprint density at radius 2 is 2.06 bits per heavy atom. The van der Waals surface area contributed by atoms with Gasteiger partial charge < -0.3 is 10.6 Å². The highest BCUT2D eigenvalue weighted by Gasteiger charge is 2.13. The second kappa shape index (κ2) is 5.75. The van der Waals surface area contributed by atoms with Crippen molar-refractivity contribution in [1.82, 2.24) is 4.90 Å². The van der Waals surface area contributed by atoms with Crippen LogP contribution in [0.1, 0.15) is 5.56 Å². The summed E-state index contributed by atoms with van der Waals surface area (Å²) in [6.07, 6.45) is 0. The number of nitrogens with two attached hydrogens (primary N) is 1. The maximum atomic E-state index is 5.92. The Morgan fingerprint density at radius 1 is 1.31 bits per heavy atom. The minimum Gasteiger partial charge on any atom is -0.370 e. The normalized spacial score (nSPS) is 14.6. The summed E-state index contributed by atoms with van der Waals surface area (Å²) < 4.78 is 0. The fourth-order valence-corrected chi connectivity index (χ4v) is 1.84. The van der Waals surface area contributed by atoms with E-state index >= 15 is 0 Å². The molecule has 0 amide bonds. The number of guanidine groups is 1. The van der Waals surface area contributed by atoms with Gasteiger partial charge in [0.05, 0.1) is 16.6 Å². The minimum absolute atomic E-state index is 0. The lowest BCUT2D eigenvalue weighted by molar-refractivity contribution is 0.448. The molecule has 1 aliphatic rings. The minimum atomic E-state index is 0. The molecule has 0 fully saturated rings. The highest BCUT2D eigenvalue weighted by Crippen LogP contribution is 2.23. The topological polar surface area (TPSA) is 41.6 Å². The SMILES string of the molecule is Br.NC1=NCCN1Cc1ccc(Cl)c(Cl)c1. The maximum absolute atomic E-state index is 5.92. The first kappa shape index (κ1) is 13.6. The van der Waals surface area contributed by atoms with E-state index in [1.807, 2.05) is 17.0 Å². The zero-order valence-corrected chi connectivity index (χ0v) is 11.7. The average Bonchev–Trinajstić information content (AvgIpc) is 2.59. The first-order valence-corrected chi connectivity index (χ1v) is 5.41. The van der Waals surface area contributed by atoms with Gasteiger partial charge in [-0.05, 0) is 17.7 Å². The monoisotopic (exact) mass is 323 g/mol. The van der Waals surface area contributed by atoms with Crippen LogP contribution in [-0.2, 0) is 6.54 Å². The summed E-state index contributed by atoms with van der Waals surface area (Å²) in [5, 5.41) is 1.15. The fourth-order valence-electron chi connectivity index (χ4n) is 1.52. The number of nitrogens with zero attached hydrogens (tertiary/aromatic N) is 2. The van der Waals surface area contributed by atoms with Gasteiger partial charge >= 0.3 is 0 Å². The number of benzene rings is 1. The Morgan fingerprint density at radius 3 is 2.62 bits per heavy atom. The van der Waals surface area contributed by atoms with Crippen molar-refractivity contribution in [1.29, 1.82) is 0 Å². The van der Waals surface area contributed by atoms with Crippen molar-refractivity contribution in [3.8, 4) is 0 Å². The summed E-state index contributed by atoms with van der Waals surface area (Å²) in [5.41, 5.74) is 6.80. The van der Waals surface area contributed by atoms with E-state index in [2.05, 4.69) is 4.99 Å². The van der Waals surface area contributed by atoms with Crippen LogP contribution in [0.25, 0.3) is 0 Å². The van der Waals surface area contributed by atoms with E-state index in [-0.39, 0.29) is 17.0 Å². The Balaban J connectivity index is 0.00000128. The van der Waals surface area contributed by atoms with Crippen LogP contribution >= 0.6 is 40.2 Å². The third-order valence-corrected chi connectivity index (χ3v) is 3.06. The fraction of sp³-hybridized carbons (Fsp3) is 0.300. The van der Waals surface area contributed by atoms with Crippen molar-refractivity contribution in [2.45, 2.75) is 6.54 Å². The molecule has 0 unspecified atom stereocenters. The second-order valence-corrected chi connectivity index (χ2v) is 4.22. The molecule has 0 saturated carbocycles. The van der Waals surface area contributed by atoms with Crippen LogP contribution in [0.15, 0.2) is 23.2 Å². The Kier molecular flexibility index (Phi) is 4.89. The van der Waals surface area contributed by atoms with Crippen molar-refractivity contribution in [2.75, 3.05) is 13.1 Å². The summed E-state index contributed by atoms with van der Waals surface area (Å²) in [6.45, 7) is 2.37. The van der Waals surface area contributed by atoms with Crippen molar-refractivity contribution < 1.29 is 0 Å². The molecule has 2 rings (SSSR count). The van der Waals surface area contributed by atoms with Gasteiger partial charge in [0.25, 0.3) is 0 Å². The van der Waals surface area contributed by atoms with Crippen LogP contribution < -0.4 is 5.73 Å². The smallest absolute Gasteiger partial charge is 0.191 e. The molecule has 16 heavy (non-hydrogen) atoms. The summed E-state index contributed by atoms with van der Waals surface area (Å²) in [4.78, 5) is 6.13. The third-order valence-electron chi connectivity index (χ3n) is 2.33. The molecule has 1 heterocycles. The first-order chi connectivity index (χ1) is 7.16. The lowest BCUT2D eigenvalue weighted by Gasteiger charge is -2.17. The summed E-state index contributed by atoms with van der Waals surface area (Å²) >= 11 is 11.8. The van der Waals surface area contributed by atoms with E-state index in [1.54, 1.807) is 6.07 Å². The summed E-state index contributed by atoms with van der Waals surface area (Å²) in [6, 6.07) is 5.60. The van der Waals surface area contributed by atoms with E-state index in [0.29, 0.717) is 16.0 Å². The average molecular weight is 325 g/mol. The molecule has 2 N–H and O–H groups in total. The zero-order valence-electron chi connectivity index (χ0n) is 8.49. The number of hydrogen-bond acceptors (Lipinski definition) is 3. The molecule has 88 valence electrons. The van der Waals surface area contributed by atoms with Gasteiger partial charge in [-0.3, -0.25) is 4.99 Å². The molecule has 0 radical (unpaired) electrons. The highest BCUT2D eigenvalue weighted by atomic mass is 79.9.